The fourth-order valence-electron chi connectivity index (χ4n) is 2.68. The second kappa shape index (κ2) is 5.39. The maximum Gasteiger partial charge on any atom is 0.119 e. The number of piperazine rings is 1. The van der Waals surface area contributed by atoms with E-state index in [1.165, 1.54) is 5.69 Å². The SMILES string of the molecule is COc1ccc(N2CC(CO)N(C)C(C)(C)C2)cc1. The minimum atomic E-state index is 0.0472. The molecule has 19 heavy (non-hydrogen) atoms. The van der Waals surface area contributed by atoms with Crippen LogP contribution in [0.25, 0.3) is 0 Å². The van der Waals surface area contributed by atoms with Crippen LogP contribution >= 0.6 is 0 Å². The van der Waals surface area contributed by atoms with Crippen LogP contribution < -0.4 is 9.64 Å². The molecule has 0 saturated carbocycles. The fraction of sp³-hybridized carbons (Fsp3) is 0.600. The number of hydrogen-bond acceptors (Lipinski definition) is 4. The lowest BCUT2D eigenvalue weighted by Crippen LogP contribution is -2.63. The van der Waals surface area contributed by atoms with Crippen molar-refractivity contribution in [3.05, 3.63) is 24.3 Å². The van der Waals surface area contributed by atoms with Gasteiger partial charge in [-0.15, -0.1) is 0 Å². The number of hydrogen-bond donors (Lipinski definition) is 1. The Bertz CT molecular complexity index is 417. The Kier molecular flexibility index (Phi) is 4.02. The van der Waals surface area contributed by atoms with Crippen LogP contribution in [0.3, 0.4) is 0 Å². The van der Waals surface area contributed by atoms with Crippen molar-refractivity contribution < 1.29 is 9.84 Å². The molecule has 106 valence electrons. The van der Waals surface area contributed by atoms with Crippen molar-refractivity contribution in [1.29, 1.82) is 0 Å². The molecule has 2 rings (SSSR count). The topological polar surface area (TPSA) is 35.9 Å². The average molecular weight is 264 g/mol. The highest BCUT2D eigenvalue weighted by atomic mass is 16.5. The molecule has 1 aromatic rings. The summed E-state index contributed by atoms with van der Waals surface area (Å²) in [7, 11) is 3.77. The van der Waals surface area contributed by atoms with Gasteiger partial charge in [0.15, 0.2) is 0 Å². The van der Waals surface area contributed by atoms with Gasteiger partial charge in [-0.2, -0.15) is 0 Å². The summed E-state index contributed by atoms with van der Waals surface area (Å²) >= 11 is 0. The molecule has 1 N–H and O–H groups in total. The summed E-state index contributed by atoms with van der Waals surface area (Å²) in [5.41, 5.74) is 1.23. The summed E-state index contributed by atoms with van der Waals surface area (Å²) in [6, 6.07) is 8.29. The van der Waals surface area contributed by atoms with Crippen molar-refractivity contribution in [3.63, 3.8) is 0 Å². The second-order valence-electron chi connectivity index (χ2n) is 5.84. The van der Waals surface area contributed by atoms with E-state index >= 15 is 0 Å². The Morgan fingerprint density at radius 1 is 1.32 bits per heavy atom. The maximum atomic E-state index is 9.55. The van der Waals surface area contributed by atoms with Gasteiger partial charge < -0.3 is 14.7 Å². The molecular weight excluding hydrogens is 240 g/mol. The predicted molar refractivity (Wildman–Crippen MR) is 77.9 cm³/mol. The van der Waals surface area contributed by atoms with Gasteiger partial charge in [0, 0.05) is 24.3 Å². The van der Waals surface area contributed by atoms with E-state index in [4.69, 9.17) is 4.74 Å². The number of nitrogens with zero attached hydrogens (tertiary/aromatic N) is 2. The molecule has 1 aliphatic rings. The van der Waals surface area contributed by atoms with Crippen molar-refractivity contribution in [2.45, 2.75) is 25.4 Å². The molecule has 1 atom stereocenters. The van der Waals surface area contributed by atoms with Crippen LogP contribution in [0, 0.1) is 0 Å². The van der Waals surface area contributed by atoms with Crippen LogP contribution in [0.4, 0.5) is 5.69 Å². The molecule has 1 aromatic carbocycles. The average Bonchev–Trinajstić information content (AvgIpc) is 2.41. The van der Waals surface area contributed by atoms with Crippen molar-refractivity contribution in [1.82, 2.24) is 4.90 Å². The molecule has 0 radical (unpaired) electrons. The van der Waals surface area contributed by atoms with Crippen LogP contribution in [-0.4, -0.2) is 55.4 Å². The van der Waals surface area contributed by atoms with Gasteiger partial charge in [0.1, 0.15) is 5.75 Å². The fourth-order valence-corrected chi connectivity index (χ4v) is 2.68. The Labute approximate surface area is 115 Å². The molecule has 0 spiro atoms. The van der Waals surface area contributed by atoms with Gasteiger partial charge in [-0.25, -0.2) is 0 Å². The predicted octanol–water partition coefficient (Wildman–Crippen LogP) is 1.59. The van der Waals surface area contributed by atoms with E-state index in [1.54, 1.807) is 7.11 Å². The molecular formula is C15H24N2O2. The minimum Gasteiger partial charge on any atom is -0.497 e. The van der Waals surface area contributed by atoms with Crippen molar-refractivity contribution >= 4 is 5.69 Å². The molecule has 1 aliphatic heterocycles. The van der Waals surface area contributed by atoms with E-state index in [0.29, 0.717) is 0 Å². The quantitative estimate of drug-likeness (QED) is 0.899. The van der Waals surface area contributed by atoms with Crippen LogP contribution in [0.1, 0.15) is 13.8 Å². The summed E-state index contributed by atoms with van der Waals surface area (Å²) in [5, 5.41) is 9.55. The third-order valence-corrected chi connectivity index (χ3v) is 4.16. The number of benzene rings is 1. The van der Waals surface area contributed by atoms with E-state index in [0.717, 1.165) is 18.8 Å². The molecule has 0 amide bonds. The molecule has 1 heterocycles. The normalized spacial score (nSPS) is 23.4. The highest BCUT2D eigenvalue weighted by Crippen LogP contribution is 2.28. The number of likely N-dealkylation sites (N-methyl/N-ethyl adjacent to an activating group) is 1. The highest BCUT2D eigenvalue weighted by Gasteiger charge is 2.37. The summed E-state index contributed by atoms with van der Waals surface area (Å²) in [4.78, 5) is 4.60. The molecule has 0 aliphatic carbocycles. The van der Waals surface area contributed by atoms with E-state index < -0.39 is 0 Å². The first-order valence-corrected chi connectivity index (χ1v) is 6.71. The molecule has 1 fully saturated rings. The summed E-state index contributed by atoms with van der Waals surface area (Å²) in [6.07, 6.45) is 0. The zero-order valence-corrected chi connectivity index (χ0v) is 12.3. The summed E-state index contributed by atoms with van der Waals surface area (Å²) < 4.78 is 5.19. The molecule has 4 heteroatoms. The first kappa shape index (κ1) is 14.2. The van der Waals surface area contributed by atoms with Crippen LogP contribution in [0.15, 0.2) is 24.3 Å². The Balaban J connectivity index is 2.19. The lowest BCUT2D eigenvalue weighted by molar-refractivity contribution is 0.0455. The van der Waals surface area contributed by atoms with Crippen LogP contribution in [0.5, 0.6) is 5.75 Å². The molecule has 1 unspecified atom stereocenters. The Morgan fingerprint density at radius 2 is 1.95 bits per heavy atom. The standard InChI is InChI=1S/C15H24N2O2/c1-15(2)11-17(9-13(10-18)16(15)3)12-5-7-14(19-4)8-6-12/h5-8,13,18H,9-11H2,1-4H3. The number of methoxy groups -OCH3 is 1. The van der Waals surface area contributed by atoms with Gasteiger partial charge in [-0.1, -0.05) is 0 Å². The number of aliphatic hydroxyl groups is 1. The molecule has 4 nitrogen and oxygen atoms in total. The van der Waals surface area contributed by atoms with Gasteiger partial charge in [-0.05, 0) is 45.2 Å². The second-order valence-corrected chi connectivity index (χ2v) is 5.84. The van der Waals surface area contributed by atoms with Crippen LogP contribution in [0.2, 0.25) is 0 Å². The lowest BCUT2D eigenvalue weighted by atomic mass is 9.95. The zero-order valence-electron chi connectivity index (χ0n) is 12.3. The monoisotopic (exact) mass is 264 g/mol. The van der Waals surface area contributed by atoms with Crippen LogP contribution in [-0.2, 0) is 0 Å². The largest absolute Gasteiger partial charge is 0.497 e. The van der Waals surface area contributed by atoms with Crippen molar-refractivity contribution in [3.8, 4) is 5.75 Å². The Hall–Kier alpha value is -1.26. The van der Waals surface area contributed by atoms with Gasteiger partial charge in [0.25, 0.3) is 0 Å². The third-order valence-electron chi connectivity index (χ3n) is 4.16. The van der Waals surface area contributed by atoms with Gasteiger partial charge in [0.2, 0.25) is 0 Å². The number of aliphatic hydroxyl groups excluding tert-OH is 1. The van der Waals surface area contributed by atoms with Gasteiger partial charge in [-0.3, -0.25) is 4.90 Å². The van der Waals surface area contributed by atoms with E-state index in [1.807, 2.05) is 12.1 Å². The lowest BCUT2D eigenvalue weighted by Gasteiger charge is -2.50. The smallest absolute Gasteiger partial charge is 0.119 e. The minimum absolute atomic E-state index is 0.0472. The van der Waals surface area contributed by atoms with E-state index in [9.17, 15) is 5.11 Å². The Morgan fingerprint density at radius 3 is 2.47 bits per heavy atom. The van der Waals surface area contributed by atoms with Crippen molar-refractivity contribution in [2.75, 3.05) is 38.8 Å². The first-order chi connectivity index (χ1) is 8.97. The first-order valence-electron chi connectivity index (χ1n) is 6.71. The summed E-state index contributed by atoms with van der Waals surface area (Å²) in [5.74, 6) is 0.871. The highest BCUT2D eigenvalue weighted by molar-refractivity contribution is 5.50. The molecule has 0 aromatic heterocycles. The summed E-state index contributed by atoms with van der Waals surface area (Å²) in [6.45, 7) is 6.42. The van der Waals surface area contributed by atoms with Crippen molar-refractivity contribution in [2.24, 2.45) is 0 Å². The number of anilines is 1. The van der Waals surface area contributed by atoms with E-state index in [-0.39, 0.29) is 18.2 Å². The van der Waals surface area contributed by atoms with E-state index in [2.05, 4.69) is 42.8 Å². The molecule has 0 bridgehead atoms. The molecule has 1 saturated heterocycles. The number of ether oxygens (including phenoxy) is 1. The number of rotatable bonds is 3. The third kappa shape index (κ3) is 2.85. The zero-order chi connectivity index (χ0) is 14.0. The maximum absolute atomic E-state index is 9.55. The van der Waals surface area contributed by atoms with Gasteiger partial charge >= 0.3 is 0 Å². The van der Waals surface area contributed by atoms with Gasteiger partial charge in [0.05, 0.1) is 19.8 Å².